The summed E-state index contributed by atoms with van der Waals surface area (Å²) in [5.74, 6) is 0.962. The molecule has 1 N–H and O–H groups in total. The summed E-state index contributed by atoms with van der Waals surface area (Å²) < 4.78 is 24.1. The maximum Gasteiger partial charge on any atom is 0.189 e. The van der Waals surface area contributed by atoms with Gasteiger partial charge in [-0.2, -0.15) is 0 Å². The zero-order valence-electron chi connectivity index (χ0n) is 10.9. The van der Waals surface area contributed by atoms with Gasteiger partial charge in [0.1, 0.15) is 11.6 Å². The number of benzene rings is 1. The fraction of sp³-hybridized carbons (Fsp3) is 0.571. The van der Waals surface area contributed by atoms with E-state index >= 15 is 0 Å². The highest BCUT2D eigenvalue weighted by Gasteiger charge is 2.21. The SMILES string of the molecule is CNC(C)c1ccc(F)cc1OCOCC1CC1. The van der Waals surface area contributed by atoms with E-state index in [9.17, 15) is 4.39 Å². The van der Waals surface area contributed by atoms with E-state index in [0.29, 0.717) is 11.7 Å². The average Bonchev–Trinajstić information content (AvgIpc) is 3.18. The van der Waals surface area contributed by atoms with Crippen LogP contribution in [-0.2, 0) is 4.74 Å². The first kappa shape index (κ1) is 13.3. The van der Waals surface area contributed by atoms with Crippen LogP contribution in [0, 0.1) is 11.7 Å². The summed E-state index contributed by atoms with van der Waals surface area (Å²) in [6.07, 6.45) is 2.50. The van der Waals surface area contributed by atoms with Gasteiger partial charge in [-0.1, -0.05) is 6.07 Å². The van der Waals surface area contributed by atoms with Gasteiger partial charge in [0.2, 0.25) is 0 Å². The quantitative estimate of drug-likeness (QED) is 0.598. The predicted molar refractivity (Wildman–Crippen MR) is 68.0 cm³/mol. The molecule has 1 fully saturated rings. The summed E-state index contributed by atoms with van der Waals surface area (Å²) in [5, 5.41) is 3.12. The lowest BCUT2D eigenvalue weighted by molar-refractivity contribution is 0.00911. The van der Waals surface area contributed by atoms with E-state index in [0.717, 1.165) is 12.2 Å². The Bertz CT molecular complexity index is 393. The van der Waals surface area contributed by atoms with Gasteiger partial charge in [-0.15, -0.1) is 0 Å². The van der Waals surface area contributed by atoms with Crippen LogP contribution in [0.1, 0.15) is 31.4 Å². The van der Waals surface area contributed by atoms with E-state index in [1.807, 2.05) is 14.0 Å². The molecule has 18 heavy (non-hydrogen) atoms. The van der Waals surface area contributed by atoms with Crippen molar-refractivity contribution in [2.24, 2.45) is 5.92 Å². The Morgan fingerprint density at radius 1 is 1.44 bits per heavy atom. The van der Waals surface area contributed by atoms with Gasteiger partial charge in [0.05, 0.1) is 6.61 Å². The molecule has 1 saturated carbocycles. The van der Waals surface area contributed by atoms with Crippen LogP contribution in [-0.4, -0.2) is 20.4 Å². The van der Waals surface area contributed by atoms with Crippen molar-refractivity contribution in [2.45, 2.75) is 25.8 Å². The Morgan fingerprint density at radius 3 is 2.89 bits per heavy atom. The summed E-state index contributed by atoms with van der Waals surface area (Å²) in [6.45, 7) is 2.93. The Labute approximate surface area is 107 Å². The largest absolute Gasteiger partial charge is 0.467 e. The van der Waals surface area contributed by atoms with Crippen molar-refractivity contribution in [1.29, 1.82) is 0 Å². The number of rotatable bonds is 7. The monoisotopic (exact) mass is 253 g/mol. The van der Waals surface area contributed by atoms with Gasteiger partial charge in [-0.25, -0.2) is 4.39 Å². The normalized spacial score (nSPS) is 16.6. The second kappa shape index (κ2) is 6.16. The van der Waals surface area contributed by atoms with Gasteiger partial charge in [-0.05, 0) is 38.8 Å². The molecule has 2 rings (SSSR count). The molecule has 0 aliphatic heterocycles. The molecule has 0 amide bonds. The van der Waals surface area contributed by atoms with E-state index < -0.39 is 0 Å². The molecule has 1 unspecified atom stereocenters. The minimum Gasteiger partial charge on any atom is -0.467 e. The van der Waals surface area contributed by atoms with Gasteiger partial charge >= 0.3 is 0 Å². The Kier molecular flexibility index (Phi) is 4.55. The van der Waals surface area contributed by atoms with Crippen LogP contribution >= 0.6 is 0 Å². The fourth-order valence-corrected chi connectivity index (χ4v) is 1.75. The molecule has 1 aromatic carbocycles. The summed E-state index contributed by atoms with van der Waals surface area (Å²) in [7, 11) is 1.86. The van der Waals surface area contributed by atoms with Crippen LogP contribution in [0.15, 0.2) is 18.2 Å². The molecule has 0 aromatic heterocycles. The number of ether oxygens (including phenoxy) is 2. The van der Waals surface area contributed by atoms with Crippen LogP contribution < -0.4 is 10.1 Å². The van der Waals surface area contributed by atoms with Crippen molar-refractivity contribution in [2.75, 3.05) is 20.4 Å². The molecule has 0 heterocycles. The fourth-order valence-electron chi connectivity index (χ4n) is 1.75. The van der Waals surface area contributed by atoms with E-state index in [2.05, 4.69) is 5.32 Å². The first-order chi connectivity index (χ1) is 8.70. The molecule has 0 spiro atoms. The molecule has 1 aliphatic rings. The molecule has 0 bridgehead atoms. The van der Waals surface area contributed by atoms with Crippen LogP contribution in [0.5, 0.6) is 5.75 Å². The Balaban J connectivity index is 1.92. The molecular weight excluding hydrogens is 233 g/mol. The van der Waals surface area contributed by atoms with Gasteiger partial charge in [0.15, 0.2) is 6.79 Å². The second-order valence-corrected chi connectivity index (χ2v) is 4.77. The number of hydrogen-bond acceptors (Lipinski definition) is 3. The number of nitrogens with one attached hydrogen (secondary N) is 1. The smallest absolute Gasteiger partial charge is 0.189 e. The van der Waals surface area contributed by atoms with E-state index in [-0.39, 0.29) is 18.7 Å². The van der Waals surface area contributed by atoms with Crippen molar-refractivity contribution in [3.8, 4) is 5.75 Å². The van der Waals surface area contributed by atoms with Crippen molar-refractivity contribution in [3.63, 3.8) is 0 Å². The predicted octanol–water partition coefficient (Wildman–Crippen LogP) is 2.87. The summed E-state index contributed by atoms with van der Waals surface area (Å²) in [5.41, 5.74) is 0.939. The molecule has 3 nitrogen and oxygen atoms in total. The molecule has 4 heteroatoms. The second-order valence-electron chi connectivity index (χ2n) is 4.77. The van der Waals surface area contributed by atoms with Crippen LogP contribution in [0.2, 0.25) is 0 Å². The summed E-state index contributed by atoms with van der Waals surface area (Å²) in [6, 6.07) is 4.71. The zero-order chi connectivity index (χ0) is 13.0. The van der Waals surface area contributed by atoms with Crippen molar-refractivity contribution in [3.05, 3.63) is 29.6 Å². The van der Waals surface area contributed by atoms with Gasteiger partial charge in [0.25, 0.3) is 0 Å². The van der Waals surface area contributed by atoms with Crippen LogP contribution in [0.3, 0.4) is 0 Å². The lowest BCUT2D eigenvalue weighted by Crippen LogP contribution is -2.15. The zero-order valence-corrected chi connectivity index (χ0v) is 10.9. The van der Waals surface area contributed by atoms with E-state index in [4.69, 9.17) is 9.47 Å². The van der Waals surface area contributed by atoms with Crippen LogP contribution in [0.25, 0.3) is 0 Å². The maximum absolute atomic E-state index is 13.2. The minimum atomic E-state index is -0.292. The molecule has 1 aliphatic carbocycles. The molecular formula is C14H20FNO2. The van der Waals surface area contributed by atoms with Crippen molar-refractivity contribution >= 4 is 0 Å². The Hall–Kier alpha value is -1.13. The first-order valence-electron chi connectivity index (χ1n) is 6.38. The van der Waals surface area contributed by atoms with Crippen molar-refractivity contribution in [1.82, 2.24) is 5.32 Å². The first-order valence-corrected chi connectivity index (χ1v) is 6.38. The molecule has 0 saturated heterocycles. The molecule has 1 aromatic rings. The minimum absolute atomic E-state index is 0.115. The third kappa shape index (κ3) is 3.68. The van der Waals surface area contributed by atoms with Crippen molar-refractivity contribution < 1.29 is 13.9 Å². The standard InChI is InChI=1S/C14H20FNO2/c1-10(16-2)13-6-5-12(15)7-14(13)18-9-17-8-11-3-4-11/h5-7,10-11,16H,3-4,8-9H2,1-2H3. The molecule has 100 valence electrons. The lowest BCUT2D eigenvalue weighted by atomic mass is 10.1. The summed E-state index contributed by atoms with van der Waals surface area (Å²) in [4.78, 5) is 0. The highest BCUT2D eigenvalue weighted by Crippen LogP contribution is 2.29. The van der Waals surface area contributed by atoms with Gasteiger partial charge in [-0.3, -0.25) is 0 Å². The highest BCUT2D eigenvalue weighted by molar-refractivity contribution is 5.36. The van der Waals surface area contributed by atoms with Gasteiger partial charge < -0.3 is 14.8 Å². The molecule has 0 radical (unpaired) electrons. The van der Waals surface area contributed by atoms with E-state index in [1.54, 1.807) is 6.07 Å². The number of halogens is 1. The van der Waals surface area contributed by atoms with Crippen LogP contribution in [0.4, 0.5) is 4.39 Å². The van der Waals surface area contributed by atoms with E-state index in [1.165, 1.54) is 25.0 Å². The molecule has 1 atom stereocenters. The number of hydrogen-bond donors (Lipinski definition) is 1. The third-order valence-electron chi connectivity index (χ3n) is 3.22. The maximum atomic E-state index is 13.2. The highest BCUT2D eigenvalue weighted by atomic mass is 19.1. The van der Waals surface area contributed by atoms with Gasteiger partial charge in [0, 0.05) is 17.7 Å². The topological polar surface area (TPSA) is 30.5 Å². The third-order valence-corrected chi connectivity index (χ3v) is 3.22. The lowest BCUT2D eigenvalue weighted by Gasteiger charge is -2.16. The average molecular weight is 253 g/mol. The summed E-state index contributed by atoms with van der Waals surface area (Å²) >= 11 is 0. The Morgan fingerprint density at radius 2 is 2.22 bits per heavy atom.